The summed E-state index contributed by atoms with van der Waals surface area (Å²) < 4.78 is 11.8. The van der Waals surface area contributed by atoms with Gasteiger partial charge in [0.25, 0.3) is 0 Å². The van der Waals surface area contributed by atoms with Gasteiger partial charge in [0.15, 0.2) is 11.5 Å². The smallest absolute Gasteiger partial charge is 0.163 e. The van der Waals surface area contributed by atoms with Crippen molar-refractivity contribution >= 4 is 11.6 Å². The Morgan fingerprint density at radius 2 is 1.76 bits per heavy atom. The van der Waals surface area contributed by atoms with Crippen LogP contribution in [0.2, 0.25) is 5.02 Å². The summed E-state index contributed by atoms with van der Waals surface area (Å²) >= 11 is 6.45. The predicted molar refractivity (Wildman–Crippen MR) is 105 cm³/mol. The maximum Gasteiger partial charge on any atom is 0.163 e. The molecule has 0 aliphatic carbocycles. The van der Waals surface area contributed by atoms with E-state index in [1.54, 1.807) is 0 Å². The fourth-order valence-electron chi connectivity index (χ4n) is 2.55. The van der Waals surface area contributed by atoms with Gasteiger partial charge in [0.05, 0.1) is 6.61 Å². The molecule has 2 aromatic rings. The Labute approximate surface area is 156 Å². The first-order chi connectivity index (χ1) is 12.2. The third-order valence-corrected chi connectivity index (χ3v) is 4.43. The average molecular weight is 362 g/mol. The summed E-state index contributed by atoms with van der Waals surface area (Å²) in [6, 6.07) is 12.1. The number of benzene rings is 2. The summed E-state index contributed by atoms with van der Waals surface area (Å²) in [6.45, 7) is 9.04. The summed E-state index contributed by atoms with van der Waals surface area (Å²) in [6.07, 6.45) is 2.34. The van der Waals surface area contributed by atoms with Crippen molar-refractivity contribution in [3.63, 3.8) is 0 Å². The van der Waals surface area contributed by atoms with Gasteiger partial charge in [-0.3, -0.25) is 0 Å². The van der Waals surface area contributed by atoms with Crippen molar-refractivity contribution in [2.45, 2.75) is 46.8 Å². The van der Waals surface area contributed by atoms with E-state index in [4.69, 9.17) is 21.1 Å². The van der Waals surface area contributed by atoms with Gasteiger partial charge < -0.3 is 14.8 Å². The summed E-state index contributed by atoms with van der Waals surface area (Å²) in [5, 5.41) is 4.12. The topological polar surface area (TPSA) is 30.5 Å². The van der Waals surface area contributed by atoms with Crippen LogP contribution in [0.5, 0.6) is 11.5 Å². The molecule has 0 aliphatic rings. The minimum absolute atomic E-state index is 0.497. The Morgan fingerprint density at radius 3 is 2.48 bits per heavy atom. The van der Waals surface area contributed by atoms with Crippen molar-refractivity contribution in [2.75, 3.05) is 13.2 Å². The number of nitrogens with one attached hydrogen (secondary N) is 1. The largest absolute Gasteiger partial charge is 0.490 e. The van der Waals surface area contributed by atoms with E-state index in [1.807, 2.05) is 31.2 Å². The lowest BCUT2D eigenvalue weighted by Crippen LogP contribution is -2.15. The summed E-state index contributed by atoms with van der Waals surface area (Å²) in [5.41, 5.74) is 3.40. The highest BCUT2D eigenvalue weighted by atomic mass is 35.5. The number of rotatable bonds is 10. The van der Waals surface area contributed by atoms with E-state index >= 15 is 0 Å². The van der Waals surface area contributed by atoms with Crippen molar-refractivity contribution in [3.05, 3.63) is 58.1 Å². The number of aryl methyl sites for hydroxylation is 1. The molecule has 0 atom stereocenters. The third-order valence-electron chi connectivity index (χ3n) is 4.08. The molecular formula is C21H28ClNO2. The van der Waals surface area contributed by atoms with Crippen molar-refractivity contribution in [2.24, 2.45) is 0 Å². The zero-order valence-electron chi connectivity index (χ0n) is 15.4. The maximum atomic E-state index is 6.45. The van der Waals surface area contributed by atoms with Gasteiger partial charge in [-0.15, -0.1) is 0 Å². The van der Waals surface area contributed by atoms with Gasteiger partial charge in [-0.25, -0.2) is 0 Å². The summed E-state index contributed by atoms with van der Waals surface area (Å²) in [4.78, 5) is 0. The van der Waals surface area contributed by atoms with Crippen LogP contribution in [-0.2, 0) is 13.2 Å². The second-order valence-corrected chi connectivity index (χ2v) is 6.48. The Bertz CT molecular complexity index is 673. The second kappa shape index (κ2) is 10.3. The zero-order chi connectivity index (χ0) is 18.1. The first-order valence-corrected chi connectivity index (χ1v) is 9.36. The minimum Gasteiger partial charge on any atom is -0.490 e. The lowest BCUT2D eigenvalue weighted by molar-refractivity contribution is 0.268. The Balaban J connectivity index is 2.11. The monoisotopic (exact) mass is 361 g/mol. The molecule has 2 aromatic carbocycles. The molecule has 3 nitrogen and oxygen atoms in total. The molecule has 0 saturated carbocycles. The maximum absolute atomic E-state index is 6.45. The van der Waals surface area contributed by atoms with E-state index in [0.717, 1.165) is 36.4 Å². The zero-order valence-corrected chi connectivity index (χ0v) is 16.2. The SMILES string of the molecule is CCCCNCc1cc(OCC)c(OCc2ccccc2C)cc1Cl. The number of hydrogen-bond acceptors (Lipinski definition) is 3. The van der Waals surface area contributed by atoms with E-state index in [1.165, 1.54) is 12.0 Å². The van der Waals surface area contributed by atoms with Crippen LogP contribution in [0, 0.1) is 6.92 Å². The molecule has 0 aromatic heterocycles. The van der Waals surface area contributed by atoms with Gasteiger partial charge in [-0.05, 0) is 49.6 Å². The third kappa shape index (κ3) is 5.94. The van der Waals surface area contributed by atoms with Crippen LogP contribution >= 0.6 is 11.6 Å². The van der Waals surface area contributed by atoms with Gasteiger partial charge in [-0.2, -0.15) is 0 Å². The van der Waals surface area contributed by atoms with Crippen LogP contribution in [0.4, 0.5) is 0 Å². The molecule has 1 N–H and O–H groups in total. The highest BCUT2D eigenvalue weighted by Crippen LogP contribution is 2.34. The molecule has 0 radical (unpaired) electrons. The summed E-state index contributed by atoms with van der Waals surface area (Å²) in [7, 11) is 0. The molecule has 136 valence electrons. The molecule has 0 unspecified atom stereocenters. The van der Waals surface area contributed by atoms with Crippen molar-refractivity contribution in [1.82, 2.24) is 5.32 Å². The molecular weight excluding hydrogens is 334 g/mol. The van der Waals surface area contributed by atoms with E-state index in [-0.39, 0.29) is 0 Å². The van der Waals surface area contributed by atoms with Crippen LogP contribution < -0.4 is 14.8 Å². The van der Waals surface area contributed by atoms with E-state index < -0.39 is 0 Å². The fraction of sp³-hybridized carbons (Fsp3) is 0.429. The van der Waals surface area contributed by atoms with E-state index in [9.17, 15) is 0 Å². The van der Waals surface area contributed by atoms with Crippen LogP contribution in [0.1, 0.15) is 43.4 Å². The highest BCUT2D eigenvalue weighted by Gasteiger charge is 2.12. The van der Waals surface area contributed by atoms with Crippen LogP contribution in [0.15, 0.2) is 36.4 Å². The first kappa shape index (κ1) is 19.6. The second-order valence-electron chi connectivity index (χ2n) is 6.07. The molecule has 0 amide bonds. The first-order valence-electron chi connectivity index (χ1n) is 8.99. The quantitative estimate of drug-likeness (QED) is 0.565. The molecule has 0 heterocycles. The van der Waals surface area contributed by atoms with Gasteiger partial charge in [0.1, 0.15) is 6.61 Å². The van der Waals surface area contributed by atoms with Crippen molar-refractivity contribution < 1.29 is 9.47 Å². The highest BCUT2D eigenvalue weighted by molar-refractivity contribution is 6.31. The van der Waals surface area contributed by atoms with E-state index in [0.29, 0.717) is 24.0 Å². The number of halogens is 1. The van der Waals surface area contributed by atoms with Crippen LogP contribution in [0.3, 0.4) is 0 Å². The van der Waals surface area contributed by atoms with E-state index in [2.05, 4.69) is 31.3 Å². The molecule has 25 heavy (non-hydrogen) atoms. The van der Waals surface area contributed by atoms with Gasteiger partial charge in [0.2, 0.25) is 0 Å². The molecule has 0 fully saturated rings. The Hall–Kier alpha value is -1.71. The molecule has 0 bridgehead atoms. The number of hydrogen-bond donors (Lipinski definition) is 1. The van der Waals surface area contributed by atoms with Crippen molar-refractivity contribution in [3.8, 4) is 11.5 Å². The van der Waals surface area contributed by atoms with Crippen molar-refractivity contribution in [1.29, 1.82) is 0 Å². The molecule has 2 rings (SSSR count). The normalized spacial score (nSPS) is 10.7. The standard InChI is InChI=1S/C21H28ClNO2/c1-4-6-11-23-14-18-12-20(24-5-2)21(13-19(18)22)25-15-17-10-8-7-9-16(17)3/h7-10,12-13,23H,4-6,11,14-15H2,1-3H3. The Kier molecular flexibility index (Phi) is 8.10. The van der Waals surface area contributed by atoms with Gasteiger partial charge in [0, 0.05) is 17.6 Å². The molecule has 0 spiro atoms. The average Bonchev–Trinajstić information content (AvgIpc) is 2.61. The lowest BCUT2D eigenvalue weighted by atomic mass is 10.1. The Morgan fingerprint density at radius 1 is 1.00 bits per heavy atom. The molecule has 0 saturated heterocycles. The summed E-state index contributed by atoms with van der Waals surface area (Å²) in [5.74, 6) is 1.43. The minimum atomic E-state index is 0.497. The molecule has 0 aliphatic heterocycles. The van der Waals surface area contributed by atoms with Gasteiger partial charge >= 0.3 is 0 Å². The fourth-order valence-corrected chi connectivity index (χ4v) is 2.77. The predicted octanol–water partition coefficient (Wildman–Crippen LogP) is 5.52. The van der Waals surface area contributed by atoms with Gasteiger partial charge in [-0.1, -0.05) is 49.2 Å². The number of unbranched alkanes of at least 4 members (excludes halogenated alkanes) is 1. The molecule has 4 heteroatoms. The number of ether oxygens (including phenoxy) is 2. The lowest BCUT2D eigenvalue weighted by Gasteiger charge is -2.16. The van der Waals surface area contributed by atoms with Crippen LogP contribution in [0.25, 0.3) is 0 Å². The van der Waals surface area contributed by atoms with Crippen LogP contribution in [-0.4, -0.2) is 13.2 Å².